The average Bonchev–Trinajstić information content (AvgIpc) is 3.49. The molecule has 1 atom stereocenters. The molecule has 8 heteroatoms. The van der Waals surface area contributed by atoms with Crippen molar-refractivity contribution in [2.45, 2.75) is 25.4 Å². The van der Waals surface area contributed by atoms with Gasteiger partial charge in [0.15, 0.2) is 5.82 Å². The molecule has 0 saturated carbocycles. The summed E-state index contributed by atoms with van der Waals surface area (Å²) < 4.78 is 7.20. The lowest BCUT2D eigenvalue weighted by Crippen LogP contribution is -2.31. The quantitative estimate of drug-likeness (QED) is 0.413. The molecule has 2 aromatic carbocycles. The van der Waals surface area contributed by atoms with E-state index in [1.807, 2.05) is 58.0 Å². The summed E-state index contributed by atoms with van der Waals surface area (Å²) in [5, 5.41) is 0.638. The van der Waals surface area contributed by atoms with Gasteiger partial charge in [-0.25, -0.2) is 15.0 Å². The standard InChI is InChI=1S/C25H24ClN5O2/c1-33-13-12-30-16-28-21-15-18(7-8-22(21)30)25(32)31-11-3-6-23(31)20-9-10-27-24(29-20)17-4-2-5-19(26)14-17/h2,4-5,7-10,14-16,23H,3,6,11-13H2,1H3/t23-/m1/s1. The molecule has 3 heterocycles. The number of rotatable bonds is 6. The molecule has 4 aromatic rings. The first-order valence-corrected chi connectivity index (χ1v) is 11.4. The second kappa shape index (κ2) is 9.29. The van der Waals surface area contributed by atoms with E-state index >= 15 is 0 Å². The summed E-state index contributed by atoms with van der Waals surface area (Å²) in [6.45, 7) is 2.02. The largest absolute Gasteiger partial charge is 0.383 e. The van der Waals surface area contributed by atoms with Crippen molar-refractivity contribution in [2.24, 2.45) is 0 Å². The molecule has 33 heavy (non-hydrogen) atoms. The lowest BCUT2D eigenvalue weighted by Gasteiger charge is -2.24. The Morgan fingerprint density at radius 1 is 1.18 bits per heavy atom. The minimum Gasteiger partial charge on any atom is -0.383 e. The van der Waals surface area contributed by atoms with E-state index in [2.05, 4.69) is 9.97 Å². The fraction of sp³-hybridized carbons (Fsp3) is 0.280. The van der Waals surface area contributed by atoms with Crippen LogP contribution in [0.5, 0.6) is 0 Å². The summed E-state index contributed by atoms with van der Waals surface area (Å²) in [5.41, 5.74) is 4.13. The molecule has 7 nitrogen and oxygen atoms in total. The molecular weight excluding hydrogens is 438 g/mol. The van der Waals surface area contributed by atoms with E-state index in [-0.39, 0.29) is 11.9 Å². The van der Waals surface area contributed by atoms with Crippen LogP contribution in [0.2, 0.25) is 5.02 Å². The number of imidazole rings is 1. The molecule has 0 N–H and O–H groups in total. The Kier molecular flexibility index (Phi) is 6.07. The number of hydrogen-bond acceptors (Lipinski definition) is 5. The second-order valence-electron chi connectivity index (χ2n) is 8.11. The molecule has 2 aromatic heterocycles. The maximum atomic E-state index is 13.5. The van der Waals surface area contributed by atoms with Gasteiger partial charge < -0.3 is 14.2 Å². The molecule has 0 bridgehead atoms. The van der Waals surface area contributed by atoms with E-state index in [0.717, 1.165) is 41.7 Å². The van der Waals surface area contributed by atoms with E-state index in [0.29, 0.717) is 29.6 Å². The number of carbonyl (C=O) groups is 1. The molecule has 1 amide bonds. The Labute approximate surface area is 197 Å². The van der Waals surface area contributed by atoms with Crippen LogP contribution in [0.1, 0.15) is 34.9 Å². The minimum atomic E-state index is -0.0895. The highest BCUT2D eigenvalue weighted by molar-refractivity contribution is 6.30. The average molecular weight is 462 g/mol. The van der Waals surface area contributed by atoms with Gasteiger partial charge in [0.25, 0.3) is 5.91 Å². The van der Waals surface area contributed by atoms with Gasteiger partial charge in [0.05, 0.1) is 35.7 Å². The van der Waals surface area contributed by atoms with Gasteiger partial charge in [0, 0.05) is 42.5 Å². The van der Waals surface area contributed by atoms with Gasteiger partial charge in [-0.2, -0.15) is 0 Å². The molecule has 1 aliphatic rings. The van der Waals surface area contributed by atoms with Gasteiger partial charge in [-0.1, -0.05) is 23.7 Å². The third kappa shape index (κ3) is 4.34. The molecule has 168 valence electrons. The van der Waals surface area contributed by atoms with Crippen LogP contribution >= 0.6 is 11.6 Å². The monoisotopic (exact) mass is 461 g/mol. The summed E-state index contributed by atoms with van der Waals surface area (Å²) >= 11 is 6.14. The molecule has 1 aliphatic heterocycles. The first-order chi connectivity index (χ1) is 16.1. The maximum absolute atomic E-state index is 13.5. The van der Waals surface area contributed by atoms with Crippen molar-refractivity contribution >= 4 is 28.5 Å². The number of benzene rings is 2. The van der Waals surface area contributed by atoms with Crippen LogP contribution in [0, 0.1) is 0 Å². The van der Waals surface area contributed by atoms with Crippen LogP contribution in [-0.4, -0.2) is 50.6 Å². The topological polar surface area (TPSA) is 73.1 Å². The number of nitrogens with zero attached hydrogens (tertiary/aromatic N) is 5. The first kappa shape index (κ1) is 21.6. The summed E-state index contributed by atoms with van der Waals surface area (Å²) in [6.07, 6.45) is 5.33. The molecule has 0 spiro atoms. The SMILES string of the molecule is COCCn1cnc2cc(C(=O)N3CCC[C@@H]3c3ccnc(-c4cccc(Cl)c4)n3)ccc21. The van der Waals surface area contributed by atoms with Gasteiger partial charge in [0.1, 0.15) is 0 Å². The predicted octanol–water partition coefficient (Wildman–Crippen LogP) is 4.77. The predicted molar refractivity (Wildman–Crippen MR) is 127 cm³/mol. The van der Waals surface area contributed by atoms with Gasteiger partial charge in [0.2, 0.25) is 0 Å². The van der Waals surface area contributed by atoms with Crippen LogP contribution in [0.4, 0.5) is 0 Å². The van der Waals surface area contributed by atoms with E-state index in [1.54, 1.807) is 19.6 Å². The number of methoxy groups -OCH3 is 1. The molecule has 0 radical (unpaired) electrons. The van der Waals surface area contributed by atoms with Gasteiger partial charge in [-0.15, -0.1) is 0 Å². The number of hydrogen-bond donors (Lipinski definition) is 0. The Hall–Kier alpha value is -3.29. The molecule has 1 saturated heterocycles. The number of halogens is 1. The third-order valence-corrected chi connectivity index (χ3v) is 6.25. The number of likely N-dealkylation sites (tertiary alicyclic amines) is 1. The Bertz CT molecular complexity index is 1300. The summed E-state index contributed by atoms with van der Waals surface area (Å²) in [5.74, 6) is 0.603. The normalized spacial score (nSPS) is 15.9. The van der Waals surface area contributed by atoms with Crippen LogP contribution < -0.4 is 0 Å². The van der Waals surface area contributed by atoms with E-state index in [4.69, 9.17) is 21.3 Å². The van der Waals surface area contributed by atoms with Gasteiger partial charge in [-0.05, 0) is 49.2 Å². The highest BCUT2D eigenvalue weighted by atomic mass is 35.5. The fourth-order valence-corrected chi connectivity index (χ4v) is 4.56. The molecule has 0 aliphatic carbocycles. The molecule has 5 rings (SSSR count). The van der Waals surface area contributed by atoms with Crippen molar-refractivity contribution in [3.05, 3.63) is 77.3 Å². The van der Waals surface area contributed by atoms with Crippen molar-refractivity contribution in [1.29, 1.82) is 0 Å². The number of aromatic nitrogens is 4. The van der Waals surface area contributed by atoms with Crippen molar-refractivity contribution in [2.75, 3.05) is 20.3 Å². The Morgan fingerprint density at radius 2 is 2.09 bits per heavy atom. The highest BCUT2D eigenvalue weighted by Crippen LogP contribution is 2.33. The lowest BCUT2D eigenvalue weighted by atomic mass is 10.1. The molecule has 1 fully saturated rings. The van der Waals surface area contributed by atoms with Crippen LogP contribution in [0.25, 0.3) is 22.4 Å². The zero-order valence-corrected chi connectivity index (χ0v) is 19.1. The Morgan fingerprint density at radius 3 is 2.94 bits per heavy atom. The van der Waals surface area contributed by atoms with Crippen LogP contribution in [0.15, 0.2) is 61.1 Å². The fourth-order valence-electron chi connectivity index (χ4n) is 4.37. The first-order valence-electron chi connectivity index (χ1n) is 11.0. The van der Waals surface area contributed by atoms with Crippen molar-refractivity contribution < 1.29 is 9.53 Å². The van der Waals surface area contributed by atoms with Crippen molar-refractivity contribution in [3.63, 3.8) is 0 Å². The van der Waals surface area contributed by atoms with Crippen molar-refractivity contribution in [1.82, 2.24) is 24.4 Å². The number of carbonyl (C=O) groups excluding carboxylic acids is 1. The van der Waals surface area contributed by atoms with Crippen LogP contribution in [-0.2, 0) is 11.3 Å². The number of fused-ring (bicyclic) bond motifs is 1. The Balaban J connectivity index is 1.41. The highest BCUT2D eigenvalue weighted by Gasteiger charge is 2.32. The second-order valence-corrected chi connectivity index (χ2v) is 8.54. The van der Waals surface area contributed by atoms with Crippen LogP contribution in [0.3, 0.4) is 0 Å². The zero-order chi connectivity index (χ0) is 22.8. The summed E-state index contributed by atoms with van der Waals surface area (Å²) in [7, 11) is 1.68. The zero-order valence-electron chi connectivity index (χ0n) is 18.3. The third-order valence-electron chi connectivity index (χ3n) is 6.02. The van der Waals surface area contributed by atoms with Gasteiger partial charge in [-0.3, -0.25) is 4.79 Å². The van der Waals surface area contributed by atoms with Gasteiger partial charge >= 0.3 is 0 Å². The lowest BCUT2D eigenvalue weighted by molar-refractivity contribution is 0.0733. The van der Waals surface area contributed by atoms with E-state index in [9.17, 15) is 4.79 Å². The molecular formula is C25H24ClN5O2. The minimum absolute atomic E-state index is 0.00578. The summed E-state index contributed by atoms with van der Waals surface area (Å²) in [4.78, 5) is 29.0. The smallest absolute Gasteiger partial charge is 0.254 e. The van der Waals surface area contributed by atoms with E-state index < -0.39 is 0 Å². The maximum Gasteiger partial charge on any atom is 0.254 e. The van der Waals surface area contributed by atoms with E-state index in [1.165, 1.54) is 0 Å². The van der Waals surface area contributed by atoms with Crippen molar-refractivity contribution in [3.8, 4) is 11.4 Å². The summed E-state index contributed by atoms with van der Waals surface area (Å²) in [6, 6.07) is 15.0. The number of amides is 1. The number of ether oxygens (including phenoxy) is 1. The molecule has 0 unspecified atom stereocenters.